The minimum atomic E-state index is -0.0110. The quantitative estimate of drug-likeness (QED) is 0.130. The standard InChI is InChI=1S/6C9H7NO.U/c6*11-8-5-1-3-7-4-2-6-10-9(7)8;/h6*1-6,11H;/q;;;;;;+3/p-3. The van der Waals surface area contributed by atoms with E-state index in [2.05, 4.69) is 29.9 Å². The molecule has 6 aromatic carbocycles. The third kappa shape index (κ3) is 12.9. The van der Waals surface area contributed by atoms with Crippen LogP contribution in [-0.2, 0) is 0 Å². The Balaban J connectivity index is 0.000000132. The topological polar surface area (TPSA) is 207 Å². The number of aromatic hydroxyl groups is 3. The van der Waals surface area contributed by atoms with Gasteiger partial charge in [-0.05, 0) is 70.8 Å². The summed E-state index contributed by atoms with van der Waals surface area (Å²) in [5, 5.41) is 66.9. The van der Waals surface area contributed by atoms with Crippen LogP contribution < -0.4 is 15.3 Å². The molecule has 0 bridgehead atoms. The number of hydrogen-bond acceptors (Lipinski definition) is 12. The van der Waals surface area contributed by atoms with E-state index in [-0.39, 0.29) is 65.6 Å². The maximum Gasteiger partial charge on any atom is 3.00 e. The van der Waals surface area contributed by atoms with E-state index in [0.717, 1.165) is 32.3 Å². The Hall–Kier alpha value is -8.37. The summed E-state index contributed by atoms with van der Waals surface area (Å²) >= 11 is 0. The van der Waals surface area contributed by atoms with Gasteiger partial charge in [-0.25, -0.2) is 0 Å². The van der Waals surface area contributed by atoms with Gasteiger partial charge in [0.1, 0.15) is 33.8 Å². The van der Waals surface area contributed by atoms with Crippen molar-refractivity contribution in [3.05, 3.63) is 219 Å². The molecule has 67 heavy (non-hydrogen) atoms. The van der Waals surface area contributed by atoms with Crippen LogP contribution in [0.2, 0.25) is 0 Å². The number of para-hydroxylation sites is 6. The first kappa shape index (κ1) is 48.1. The fourth-order valence-corrected chi connectivity index (χ4v) is 6.49. The molecular formula is C54H39N6O6U. The molecule has 0 unspecified atom stereocenters. The third-order valence-corrected chi connectivity index (χ3v) is 9.62. The Morgan fingerprint density at radius 2 is 0.418 bits per heavy atom. The smallest absolute Gasteiger partial charge is 0.871 e. The zero-order valence-corrected chi connectivity index (χ0v) is 39.7. The number of nitrogens with zero attached hydrogens (tertiary/aromatic N) is 6. The largest absolute Gasteiger partial charge is 3.00 e. The summed E-state index contributed by atoms with van der Waals surface area (Å²) in [5.74, 6) is 0.684. The van der Waals surface area contributed by atoms with E-state index in [1.807, 2.05) is 109 Å². The molecule has 12 nitrogen and oxygen atoms in total. The van der Waals surface area contributed by atoms with E-state index in [1.54, 1.807) is 91.8 Å². The van der Waals surface area contributed by atoms with Gasteiger partial charge < -0.3 is 30.6 Å². The summed E-state index contributed by atoms with van der Waals surface area (Å²) in [6.07, 6.45) is 9.89. The van der Waals surface area contributed by atoms with Crippen molar-refractivity contribution in [3.63, 3.8) is 0 Å². The fourth-order valence-electron chi connectivity index (χ4n) is 6.49. The summed E-state index contributed by atoms with van der Waals surface area (Å²) in [6.45, 7) is 0. The van der Waals surface area contributed by atoms with E-state index in [1.165, 1.54) is 18.2 Å². The predicted molar refractivity (Wildman–Crippen MR) is 254 cm³/mol. The number of rotatable bonds is 0. The van der Waals surface area contributed by atoms with Gasteiger partial charge in [-0.15, -0.1) is 0 Å². The number of fused-ring (bicyclic) bond motifs is 6. The van der Waals surface area contributed by atoms with Gasteiger partial charge in [0.15, 0.2) is 0 Å². The van der Waals surface area contributed by atoms with Crippen LogP contribution in [0.3, 0.4) is 0 Å². The Morgan fingerprint density at radius 1 is 0.239 bits per heavy atom. The van der Waals surface area contributed by atoms with Gasteiger partial charge in [-0.2, -0.15) is 0 Å². The SMILES string of the molecule is Oc1cccc2cccnc12.Oc1cccc2cccnc12.Oc1cccc2cccnc12.[O-]c1cccc2cccnc12.[O-]c1cccc2cccnc12.[O-]c1cccc2cccnc12.[U+3]. The van der Waals surface area contributed by atoms with Crippen molar-refractivity contribution < 1.29 is 61.8 Å². The molecular weight excluding hydrogens is 1070 g/mol. The third-order valence-electron chi connectivity index (χ3n) is 9.62. The maximum absolute atomic E-state index is 11.1. The first-order valence-electron chi connectivity index (χ1n) is 20.4. The van der Waals surface area contributed by atoms with Crippen molar-refractivity contribution in [3.8, 4) is 34.5 Å². The molecule has 0 aliphatic heterocycles. The van der Waals surface area contributed by atoms with Crippen LogP contribution in [0, 0.1) is 31.1 Å². The van der Waals surface area contributed by atoms with E-state index >= 15 is 0 Å². The number of phenolic OH excluding ortho intramolecular Hbond substituents is 3. The summed E-state index contributed by atoms with van der Waals surface area (Å²) in [5.41, 5.74) is 3.64. The monoisotopic (exact) mass is 1110 g/mol. The molecule has 12 rings (SSSR count). The van der Waals surface area contributed by atoms with E-state index < -0.39 is 0 Å². The molecule has 3 N–H and O–H groups in total. The molecule has 0 amide bonds. The van der Waals surface area contributed by atoms with E-state index in [0.29, 0.717) is 33.1 Å². The molecule has 6 aromatic heterocycles. The van der Waals surface area contributed by atoms with Crippen LogP contribution in [0.1, 0.15) is 0 Å². The van der Waals surface area contributed by atoms with Crippen molar-refractivity contribution in [1.29, 1.82) is 0 Å². The Kier molecular flexibility index (Phi) is 17.3. The van der Waals surface area contributed by atoms with Gasteiger partial charge in [0.05, 0.1) is 16.6 Å². The van der Waals surface area contributed by atoms with Crippen molar-refractivity contribution in [2.45, 2.75) is 0 Å². The molecule has 0 aliphatic carbocycles. The maximum atomic E-state index is 11.1. The first-order chi connectivity index (χ1) is 32.3. The zero-order valence-electron chi connectivity index (χ0n) is 35.5. The minimum Gasteiger partial charge on any atom is -0.871 e. The second-order valence-corrected chi connectivity index (χ2v) is 14.1. The van der Waals surface area contributed by atoms with Gasteiger partial charge >= 0.3 is 31.1 Å². The number of phenols is 3. The van der Waals surface area contributed by atoms with Crippen LogP contribution in [0.4, 0.5) is 0 Å². The van der Waals surface area contributed by atoms with Gasteiger partial charge in [0.2, 0.25) is 0 Å². The van der Waals surface area contributed by atoms with Gasteiger partial charge in [0, 0.05) is 53.3 Å². The molecule has 0 fully saturated rings. The molecule has 0 atom stereocenters. The molecule has 1 radical (unpaired) electrons. The molecule has 12 aromatic rings. The molecule has 0 saturated heterocycles. The van der Waals surface area contributed by atoms with Crippen molar-refractivity contribution in [2.75, 3.05) is 0 Å². The number of aromatic nitrogens is 6. The van der Waals surface area contributed by atoms with Gasteiger partial charge in [0.25, 0.3) is 0 Å². The molecule has 6 heterocycles. The second kappa shape index (κ2) is 24.1. The van der Waals surface area contributed by atoms with Crippen molar-refractivity contribution in [2.24, 2.45) is 0 Å². The Bertz CT molecular complexity index is 2880. The number of hydrogen-bond donors (Lipinski definition) is 3. The number of benzene rings is 6. The zero-order chi connectivity index (χ0) is 46.1. The van der Waals surface area contributed by atoms with E-state index in [4.69, 9.17) is 0 Å². The molecule has 0 aliphatic rings. The normalized spacial score (nSPS) is 10.0. The Morgan fingerprint density at radius 3 is 0.627 bits per heavy atom. The first-order valence-corrected chi connectivity index (χ1v) is 20.4. The minimum absolute atomic E-state index is 0. The average Bonchev–Trinajstić information content (AvgIpc) is 3.36. The number of pyridine rings is 6. The van der Waals surface area contributed by atoms with E-state index in [9.17, 15) is 30.6 Å². The average molecular weight is 1110 g/mol. The van der Waals surface area contributed by atoms with Crippen LogP contribution >= 0.6 is 0 Å². The van der Waals surface area contributed by atoms with Crippen LogP contribution in [0.25, 0.3) is 65.4 Å². The van der Waals surface area contributed by atoms with Gasteiger partial charge in [-0.3, -0.25) is 29.9 Å². The molecule has 325 valence electrons. The molecule has 13 heteroatoms. The molecule has 0 saturated carbocycles. The summed E-state index contributed by atoms with van der Waals surface area (Å²) in [7, 11) is 0. The van der Waals surface area contributed by atoms with Gasteiger partial charge in [-0.1, -0.05) is 145 Å². The summed E-state index contributed by atoms with van der Waals surface area (Å²) in [6, 6.07) is 53.9. The predicted octanol–water partition coefficient (Wildman–Crippen LogP) is 9.75. The van der Waals surface area contributed by atoms with Crippen LogP contribution in [0.5, 0.6) is 34.5 Å². The van der Waals surface area contributed by atoms with Crippen molar-refractivity contribution in [1.82, 2.24) is 29.9 Å². The fraction of sp³-hybridized carbons (Fsp3) is 0. The van der Waals surface area contributed by atoms with Crippen LogP contribution in [-0.4, -0.2) is 45.2 Å². The Labute approximate surface area is 408 Å². The summed E-state index contributed by atoms with van der Waals surface area (Å²) < 4.78 is 0. The van der Waals surface area contributed by atoms with Crippen LogP contribution in [0.15, 0.2) is 219 Å². The van der Waals surface area contributed by atoms with Crippen molar-refractivity contribution >= 4 is 65.4 Å². The molecule has 0 spiro atoms. The second-order valence-electron chi connectivity index (χ2n) is 14.1. The summed E-state index contributed by atoms with van der Waals surface area (Å²) in [4.78, 5) is 24.0.